The summed E-state index contributed by atoms with van der Waals surface area (Å²) < 4.78 is 7.12. The smallest absolute Gasteiger partial charge is 0.145 e. The summed E-state index contributed by atoms with van der Waals surface area (Å²) in [5, 5.41) is 11.4. The lowest BCUT2D eigenvalue weighted by molar-refractivity contribution is 0.348. The number of imidazole rings is 3. The molecule has 78 heavy (non-hydrogen) atoms. The van der Waals surface area contributed by atoms with Gasteiger partial charge in [0, 0.05) is 50.9 Å². The summed E-state index contributed by atoms with van der Waals surface area (Å²) in [6.45, 7) is 20.9. The standard InChI is InChI=1S/C72H76N6/c1-70(2,3)40-49-25-31-64-61(37-49)55-16-10-13-19-58(55)67-73-52(43-76(64)67)28-22-46-34-47(23-29-53-44-77-65-32-26-50(41-71(4,5)6)38-62(65)56-17-11-14-20-59(56)68(77)74-53)36-48(35-46)24-30-54-45-78-66-33-27-51(42-72(7,8)9)39-63(66)57-18-12-15-21-60(57)69(78)75-54/h10-21,25-27,31-34,37-39,43-46,48H,22-24,28-30,35-36,40-42H2,1-9H3/t46-,48?/m1/s1. The molecule has 2 atom stereocenters. The molecule has 6 heteroatoms. The van der Waals surface area contributed by atoms with Crippen molar-refractivity contribution in [1.82, 2.24) is 28.2 Å². The van der Waals surface area contributed by atoms with Crippen molar-refractivity contribution in [2.75, 3.05) is 0 Å². The largest absolute Gasteiger partial charge is 0.299 e. The lowest BCUT2D eigenvalue weighted by atomic mass is 9.77. The van der Waals surface area contributed by atoms with Crippen LogP contribution in [0.3, 0.4) is 0 Å². The fraction of sp³-hybridized carbons (Fsp3) is 0.347. The summed E-state index contributed by atoms with van der Waals surface area (Å²) in [6, 6.07) is 47.9. The van der Waals surface area contributed by atoms with Crippen molar-refractivity contribution in [3.8, 4) is 0 Å². The third kappa shape index (κ3) is 9.86. The number of benzene rings is 6. The van der Waals surface area contributed by atoms with Gasteiger partial charge in [-0.3, -0.25) is 13.2 Å². The second-order valence-corrected chi connectivity index (χ2v) is 27.1. The number of hydrogen-bond acceptors (Lipinski definition) is 3. The molecule has 6 aromatic heterocycles. The van der Waals surface area contributed by atoms with Crippen LogP contribution in [-0.4, -0.2) is 28.2 Å². The Labute approximate surface area is 460 Å². The van der Waals surface area contributed by atoms with E-state index in [1.165, 1.54) is 99.5 Å². The zero-order valence-electron chi connectivity index (χ0n) is 47.5. The molecule has 0 saturated carbocycles. The molecule has 13 rings (SSSR count). The molecule has 0 aliphatic heterocycles. The monoisotopic (exact) mass is 1020 g/mol. The molecule has 0 bridgehead atoms. The topological polar surface area (TPSA) is 51.9 Å². The van der Waals surface area contributed by atoms with Crippen LogP contribution in [0.25, 0.3) is 82.0 Å². The highest BCUT2D eigenvalue weighted by molar-refractivity contribution is 6.14. The molecular weight excluding hydrogens is 949 g/mol. The summed E-state index contributed by atoms with van der Waals surface area (Å²) >= 11 is 0. The SMILES string of the molecule is CC(C)(C)Cc1ccc2c(c1)c1ccccc1c1nc(CCC3=C[C@@H](CCc4cn5c6ccc(CC(C)(C)C)cc6c6ccccc6c5n4)CC(CCc4cn5c6ccc(CC(C)(C)C)cc6c6ccccc6c5n4)C3)cn21. The number of fused-ring (bicyclic) bond motifs is 18. The number of pyridine rings is 3. The minimum absolute atomic E-state index is 0.215. The first-order chi connectivity index (χ1) is 37.4. The molecule has 0 saturated heterocycles. The van der Waals surface area contributed by atoms with Crippen molar-refractivity contribution < 1.29 is 0 Å². The van der Waals surface area contributed by atoms with E-state index < -0.39 is 0 Å². The van der Waals surface area contributed by atoms with E-state index in [1.807, 2.05) is 0 Å². The molecule has 0 fully saturated rings. The molecule has 6 heterocycles. The average molecular weight is 1030 g/mol. The number of allylic oxidation sites excluding steroid dienone is 2. The third-order valence-electron chi connectivity index (χ3n) is 16.7. The number of aromatic nitrogens is 6. The maximum absolute atomic E-state index is 5.44. The molecule has 0 radical (unpaired) electrons. The lowest BCUT2D eigenvalue weighted by Gasteiger charge is -2.29. The fourth-order valence-corrected chi connectivity index (χ4v) is 13.6. The van der Waals surface area contributed by atoms with Crippen molar-refractivity contribution in [3.63, 3.8) is 0 Å². The van der Waals surface area contributed by atoms with Gasteiger partial charge in [-0.05, 0) is 168 Å². The molecule has 1 aliphatic carbocycles. The van der Waals surface area contributed by atoms with Crippen molar-refractivity contribution in [3.05, 3.63) is 191 Å². The zero-order chi connectivity index (χ0) is 53.7. The summed E-state index contributed by atoms with van der Waals surface area (Å²) in [5.41, 5.74) is 16.8. The van der Waals surface area contributed by atoms with Gasteiger partial charge in [-0.15, -0.1) is 0 Å². The highest BCUT2D eigenvalue weighted by Gasteiger charge is 2.25. The first-order valence-corrected chi connectivity index (χ1v) is 29.1. The molecule has 1 unspecified atom stereocenters. The van der Waals surface area contributed by atoms with Crippen LogP contribution < -0.4 is 0 Å². The molecule has 12 aromatic rings. The van der Waals surface area contributed by atoms with Gasteiger partial charge in [-0.25, -0.2) is 15.0 Å². The number of aryl methyl sites for hydroxylation is 3. The lowest BCUT2D eigenvalue weighted by Crippen LogP contribution is -2.17. The van der Waals surface area contributed by atoms with E-state index in [9.17, 15) is 0 Å². The maximum Gasteiger partial charge on any atom is 0.145 e. The van der Waals surface area contributed by atoms with Crippen LogP contribution in [0.15, 0.2) is 158 Å². The van der Waals surface area contributed by atoms with Crippen LogP contribution in [0.4, 0.5) is 0 Å². The van der Waals surface area contributed by atoms with Gasteiger partial charge in [0.15, 0.2) is 0 Å². The summed E-state index contributed by atoms with van der Waals surface area (Å²) in [6.07, 6.45) is 21.1. The predicted molar refractivity (Wildman–Crippen MR) is 329 cm³/mol. The van der Waals surface area contributed by atoms with E-state index in [-0.39, 0.29) is 16.2 Å². The second-order valence-electron chi connectivity index (χ2n) is 27.1. The van der Waals surface area contributed by atoms with Gasteiger partial charge in [0.25, 0.3) is 0 Å². The van der Waals surface area contributed by atoms with Crippen LogP contribution in [0, 0.1) is 28.1 Å². The van der Waals surface area contributed by atoms with Crippen molar-refractivity contribution in [1.29, 1.82) is 0 Å². The van der Waals surface area contributed by atoms with Gasteiger partial charge in [0.05, 0.1) is 33.6 Å². The minimum atomic E-state index is 0.215. The van der Waals surface area contributed by atoms with Crippen molar-refractivity contribution >= 4 is 82.0 Å². The Morgan fingerprint density at radius 1 is 0.397 bits per heavy atom. The van der Waals surface area contributed by atoms with E-state index in [0.29, 0.717) is 11.8 Å². The predicted octanol–water partition coefficient (Wildman–Crippen LogP) is 18.5. The highest BCUT2D eigenvalue weighted by atomic mass is 15.0. The van der Waals surface area contributed by atoms with Gasteiger partial charge < -0.3 is 0 Å². The molecule has 6 nitrogen and oxygen atoms in total. The van der Waals surface area contributed by atoms with Crippen LogP contribution in [0.2, 0.25) is 0 Å². The van der Waals surface area contributed by atoms with E-state index in [2.05, 4.69) is 228 Å². The highest BCUT2D eigenvalue weighted by Crippen LogP contribution is 2.39. The van der Waals surface area contributed by atoms with E-state index in [0.717, 1.165) is 86.8 Å². The second kappa shape index (κ2) is 19.3. The van der Waals surface area contributed by atoms with E-state index >= 15 is 0 Å². The molecule has 0 amide bonds. The normalized spacial score (nSPS) is 15.9. The Morgan fingerprint density at radius 2 is 0.756 bits per heavy atom. The number of rotatable bonds is 12. The summed E-state index contributed by atoms with van der Waals surface area (Å²) in [7, 11) is 0. The summed E-state index contributed by atoms with van der Waals surface area (Å²) in [5.74, 6) is 1.02. The maximum atomic E-state index is 5.44. The fourth-order valence-electron chi connectivity index (χ4n) is 13.6. The Balaban J connectivity index is 0.810. The number of hydrogen-bond donors (Lipinski definition) is 0. The van der Waals surface area contributed by atoms with Crippen molar-refractivity contribution in [2.45, 2.75) is 133 Å². The molecule has 0 N–H and O–H groups in total. The van der Waals surface area contributed by atoms with Crippen LogP contribution in [0.1, 0.15) is 128 Å². The van der Waals surface area contributed by atoms with Gasteiger partial charge in [0.1, 0.15) is 16.9 Å². The summed E-state index contributed by atoms with van der Waals surface area (Å²) in [4.78, 5) is 16.3. The molecule has 1 aliphatic rings. The van der Waals surface area contributed by atoms with Crippen LogP contribution in [-0.2, 0) is 38.5 Å². The Morgan fingerprint density at radius 3 is 1.14 bits per heavy atom. The van der Waals surface area contributed by atoms with Gasteiger partial charge >= 0.3 is 0 Å². The zero-order valence-corrected chi connectivity index (χ0v) is 47.5. The molecule has 0 spiro atoms. The quantitative estimate of drug-likeness (QED) is 0.0905. The van der Waals surface area contributed by atoms with Gasteiger partial charge in [-0.1, -0.05) is 165 Å². The Bertz CT molecular complexity index is 4330. The first-order valence-electron chi connectivity index (χ1n) is 29.1. The molecule has 6 aromatic carbocycles. The average Bonchev–Trinajstić information content (AvgIpc) is 4.33. The Kier molecular flexibility index (Phi) is 12.4. The number of nitrogens with zero attached hydrogens (tertiary/aromatic N) is 6. The van der Waals surface area contributed by atoms with Crippen LogP contribution in [0.5, 0.6) is 0 Å². The minimum Gasteiger partial charge on any atom is -0.299 e. The molecule has 394 valence electrons. The van der Waals surface area contributed by atoms with Crippen molar-refractivity contribution in [2.24, 2.45) is 28.1 Å². The van der Waals surface area contributed by atoms with E-state index in [4.69, 9.17) is 15.0 Å². The van der Waals surface area contributed by atoms with Crippen LogP contribution >= 0.6 is 0 Å². The van der Waals surface area contributed by atoms with Gasteiger partial charge in [0.2, 0.25) is 0 Å². The molecular formula is C72H76N6. The Hall–Kier alpha value is -7.31. The van der Waals surface area contributed by atoms with E-state index in [1.54, 1.807) is 5.57 Å². The third-order valence-corrected chi connectivity index (χ3v) is 16.7. The first kappa shape index (κ1) is 50.2. The van der Waals surface area contributed by atoms with Gasteiger partial charge in [-0.2, -0.15) is 0 Å².